The van der Waals surface area contributed by atoms with E-state index in [2.05, 4.69) is 0 Å². The Bertz CT molecular complexity index is 480. The third kappa shape index (κ3) is 4.06. The van der Waals surface area contributed by atoms with E-state index in [-0.39, 0.29) is 24.6 Å². The molecule has 1 aliphatic rings. The van der Waals surface area contributed by atoms with Gasteiger partial charge in [-0.05, 0) is 25.5 Å². The van der Waals surface area contributed by atoms with Gasteiger partial charge in [0, 0.05) is 13.3 Å². The van der Waals surface area contributed by atoms with Crippen LogP contribution in [-0.2, 0) is 19.0 Å². The van der Waals surface area contributed by atoms with E-state index in [1.165, 1.54) is 6.92 Å². The Morgan fingerprint density at radius 1 is 1.25 bits per heavy atom. The van der Waals surface area contributed by atoms with Crippen LogP contribution < -0.4 is 0 Å². The van der Waals surface area contributed by atoms with Crippen molar-refractivity contribution in [3.63, 3.8) is 0 Å². The van der Waals surface area contributed by atoms with Gasteiger partial charge in [0.25, 0.3) is 0 Å². The van der Waals surface area contributed by atoms with Gasteiger partial charge in [-0.1, -0.05) is 17.7 Å². The molecule has 1 aliphatic heterocycles. The molecule has 2 atom stereocenters. The molecule has 0 bridgehead atoms. The van der Waals surface area contributed by atoms with Crippen LogP contribution in [0.4, 0.5) is 0 Å². The molecule has 1 aromatic carbocycles. The predicted octanol–water partition coefficient (Wildman–Crippen LogP) is 2.22. The lowest BCUT2D eigenvalue weighted by Crippen LogP contribution is -2.21. The minimum atomic E-state index is -0.518. The number of carbonyl (C=O) groups is 2. The second-order valence-corrected chi connectivity index (χ2v) is 4.84. The first kappa shape index (κ1) is 14.5. The van der Waals surface area contributed by atoms with Crippen molar-refractivity contribution in [1.82, 2.24) is 0 Å². The molecule has 108 valence electrons. The van der Waals surface area contributed by atoms with Crippen molar-refractivity contribution in [3.05, 3.63) is 35.4 Å². The summed E-state index contributed by atoms with van der Waals surface area (Å²) < 4.78 is 15.6. The van der Waals surface area contributed by atoms with Crippen molar-refractivity contribution in [1.29, 1.82) is 0 Å². The van der Waals surface area contributed by atoms with E-state index in [0.29, 0.717) is 18.4 Å². The number of benzene rings is 1. The van der Waals surface area contributed by atoms with Crippen LogP contribution in [0.5, 0.6) is 0 Å². The molecule has 20 heavy (non-hydrogen) atoms. The molecule has 0 saturated carbocycles. The highest BCUT2D eigenvalue weighted by molar-refractivity contribution is 5.89. The molecule has 1 aromatic rings. The van der Waals surface area contributed by atoms with Crippen LogP contribution in [0.1, 0.15) is 35.7 Å². The summed E-state index contributed by atoms with van der Waals surface area (Å²) in [7, 11) is 0. The molecule has 1 saturated heterocycles. The van der Waals surface area contributed by atoms with Crippen molar-refractivity contribution >= 4 is 11.9 Å². The van der Waals surface area contributed by atoms with Crippen LogP contribution in [0, 0.1) is 6.92 Å². The summed E-state index contributed by atoms with van der Waals surface area (Å²) in [5.74, 6) is -0.739. The van der Waals surface area contributed by atoms with E-state index in [9.17, 15) is 9.59 Å². The van der Waals surface area contributed by atoms with Gasteiger partial charge in [0.05, 0.1) is 11.7 Å². The number of ether oxygens (including phenoxy) is 3. The summed E-state index contributed by atoms with van der Waals surface area (Å²) in [6.07, 6.45) is 0.607. The van der Waals surface area contributed by atoms with E-state index in [0.717, 1.165) is 5.56 Å². The summed E-state index contributed by atoms with van der Waals surface area (Å²) in [4.78, 5) is 22.6. The van der Waals surface area contributed by atoms with E-state index in [4.69, 9.17) is 14.2 Å². The molecule has 0 radical (unpaired) electrons. The third-order valence-corrected chi connectivity index (χ3v) is 3.05. The Balaban J connectivity index is 1.77. The maximum atomic E-state index is 11.8. The summed E-state index contributed by atoms with van der Waals surface area (Å²) >= 11 is 0. The van der Waals surface area contributed by atoms with Crippen molar-refractivity contribution in [2.45, 2.75) is 39.1 Å². The fraction of sp³-hybridized carbons (Fsp3) is 0.467. The van der Waals surface area contributed by atoms with E-state index < -0.39 is 6.29 Å². The van der Waals surface area contributed by atoms with Gasteiger partial charge in [0.15, 0.2) is 0 Å². The summed E-state index contributed by atoms with van der Waals surface area (Å²) in [6.45, 7) is 3.47. The zero-order chi connectivity index (χ0) is 14.5. The lowest BCUT2D eigenvalue weighted by Gasteiger charge is -2.13. The van der Waals surface area contributed by atoms with Gasteiger partial charge in [0.1, 0.15) is 6.61 Å². The fourth-order valence-electron chi connectivity index (χ4n) is 2.01. The van der Waals surface area contributed by atoms with Crippen molar-refractivity contribution in [2.75, 3.05) is 6.61 Å². The molecule has 2 rings (SSSR count). The Morgan fingerprint density at radius 3 is 2.60 bits per heavy atom. The lowest BCUT2D eigenvalue weighted by atomic mass is 10.1. The summed E-state index contributed by atoms with van der Waals surface area (Å²) in [5.41, 5.74) is 1.61. The zero-order valence-corrected chi connectivity index (χ0v) is 11.6. The average Bonchev–Trinajstić information content (AvgIpc) is 2.83. The van der Waals surface area contributed by atoms with Crippen molar-refractivity contribution in [2.24, 2.45) is 0 Å². The molecule has 0 spiro atoms. The highest BCUT2D eigenvalue weighted by Crippen LogP contribution is 2.21. The molecule has 0 N–H and O–H groups in total. The SMILES string of the molecule is CC(=O)OC1CCC(COC(=O)c2ccc(C)cc2)O1. The van der Waals surface area contributed by atoms with Crippen molar-refractivity contribution in [3.8, 4) is 0 Å². The number of esters is 2. The first-order chi connectivity index (χ1) is 9.54. The third-order valence-electron chi connectivity index (χ3n) is 3.05. The van der Waals surface area contributed by atoms with Gasteiger partial charge < -0.3 is 14.2 Å². The highest BCUT2D eigenvalue weighted by atomic mass is 16.7. The molecular weight excluding hydrogens is 260 g/mol. The average molecular weight is 278 g/mol. The van der Waals surface area contributed by atoms with Crippen LogP contribution in [0.15, 0.2) is 24.3 Å². The van der Waals surface area contributed by atoms with Gasteiger partial charge in [-0.3, -0.25) is 4.79 Å². The Labute approximate surface area is 117 Å². The van der Waals surface area contributed by atoms with E-state index in [1.54, 1.807) is 12.1 Å². The quantitative estimate of drug-likeness (QED) is 0.790. The number of hydrogen-bond donors (Lipinski definition) is 0. The second kappa shape index (κ2) is 6.52. The molecule has 0 amide bonds. The minimum absolute atomic E-state index is 0.171. The normalized spacial score (nSPS) is 21.5. The van der Waals surface area contributed by atoms with E-state index >= 15 is 0 Å². The molecule has 2 unspecified atom stereocenters. The first-order valence-corrected chi connectivity index (χ1v) is 6.61. The van der Waals surface area contributed by atoms with Gasteiger partial charge >= 0.3 is 11.9 Å². The maximum Gasteiger partial charge on any atom is 0.338 e. The number of aryl methyl sites for hydroxylation is 1. The zero-order valence-electron chi connectivity index (χ0n) is 11.6. The highest BCUT2D eigenvalue weighted by Gasteiger charge is 2.28. The Kier molecular flexibility index (Phi) is 4.74. The molecule has 5 heteroatoms. The summed E-state index contributed by atoms with van der Waals surface area (Å²) in [5, 5.41) is 0. The van der Waals surface area contributed by atoms with Gasteiger partial charge in [-0.2, -0.15) is 0 Å². The topological polar surface area (TPSA) is 61.8 Å². The smallest absolute Gasteiger partial charge is 0.338 e. The Hall–Kier alpha value is -1.88. The molecular formula is C15H18O5. The number of rotatable bonds is 4. The summed E-state index contributed by atoms with van der Waals surface area (Å²) in [6, 6.07) is 7.18. The molecule has 1 heterocycles. The molecule has 0 aromatic heterocycles. The van der Waals surface area contributed by atoms with Crippen molar-refractivity contribution < 1.29 is 23.8 Å². The predicted molar refractivity (Wildman–Crippen MR) is 71.1 cm³/mol. The van der Waals surface area contributed by atoms with Gasteiger partial charge in [0.2, 0.25) is 6.29 Å². The fourth-order valence-corrected chi connectivity index (χ4v) is 2.01. The van der Waals surface area contributed by atoms with Crippen LogP contribution >= 0.6 is 0 Å². The monoisotopic (exact) mass is 278 g/mol. The molecule has 0 aliphatic carbocycles. The van der Waals surface area contributed by atoms with Gasteiger partial charge in [-0.25, -0.2) is 4.79 Å². The number of carbonyl (C=O) groups excluding carboxylic acids is 2. The second-order valence-electron chi connectivity index (χ2n) is 4.84. The molecule has 5 nitrogen and oxygen atoms in total. The largest absolute Gasteiger partial charge is 0.459 e. The van der Waals surface area contributed by atoms with Gasteiger partial charge in [-0.15, -0.1) is 0 Å². The van der Waals surface area contributed by atoms with Crippen LogP contribution in [-0.4, -0.2) is 30.9 Å². The van der Waals surface area contributed by atoms with Crippen LogP contribution in [0.2, 0.25) is 0 Å². The van der Waals surface area contributed by atoms with Crippen LogP contribution in [0.25, 0.3) is 0 Å². The maximum absolute atomic E-state index is 11.8. The first-order valence-electron chi connectivity index (χ1n) is 6.61. The van der Waals surface area contributed by atoms with E-state index in [1.807, 2.05) is 19.1 Å². The minimum Gasteiger partial charge on any atom is -0.459 e. The van der Waals surface area contributed by atoms with Crippen LogP contribution in [0.3, 0.4) is 0 Å². The standard InChI is InChI=1S/C15H18O5/c1-10-3-5-12(6-4-10)15(17)18-9-13-7-8-14(20-13)19-11(2)16/h3-6,13-14H,7-9H2,1-2H3. The Morgan fingerprint density at radius 2 is 1.95 bits per heavy atom. The number of hydrogen-bond acceptors (Lipinski definition) is 5. The lowest BCUT2D eigenvalue weighted by molar-refractivity contribution is -0.174. The molecule has 1 fully saturated rings.